The maximum absolute atomic E-state index is 11.3. The highest BCUT2D eigenvalue weighted by Gasteiger charge is 2.20. The second kappa shape index (κ2) is 5.76. The molecule has 13 heavy (non-hydrogen) atoms. The van der Waals surface area contributed by atoms with Crippen LogP contribution < -0.4 is 5.32 Å². The summed E-state index contributed by atoms with van der Waals surface area (Å²) in [7, 11) is 0. The Balaban J connectivity index is 4.09. The number of hydrogen-bond acceptors (Lipinski definition) is 2. The van der Waals surface area contributed by atoms with E-state index in [0.717, 1.165) is 0 Å². The molecular formula is C9H13BrN2O. The SMILES string of the molecule is C=C(Br)CNC(=O)C(C#N)C(C)C. The molecule has 1 N–H and O–H groups in total. The number of carbonyl (C=O) groups excluding carboxylic acids is 1. The molecule has 0 aromatic rings. The Labute approximate surface area is 86.9 Å². The molecule has 0 heterocycles. The van der Waals surface area contributed by atoms with Gasteiger partial charge in [0, 0.05) is 11.0 Å². The molecule has 4 heteroatoms. The minimum absolute atomic E-state index is 0.0357. The molecule has 0 aliphatic rings. The van der Waals surface area contributed by atoms with Gasteiger partial charge in [0.25, 0.3) is 0 Å². The second-order valence-electron chi connectivity index (χ2n) is 3.09. The average Bonchev–Trinajstić information content (AvgIpc) is 2.01. The van der Waals surface area contributed by atoms with E-state index in [1.54, 1.807) is 0 Å². The number of rotatable bonds is 4. The molecular weight excluding hydrogens is 232 g/mol. The van der Waals surface area contributed by atoms with Gasteiger partial charge in [-0.05, 0) is 5.92 Å². The number of amides is 1. The summed E-state index contributed by atoms with van der Waals surface area (Å²) in [5.74, 6) is -0.779. The average molecular weight is 245 g/mol. The monoisotopic (exact) mass is 244 g/mol. The fraction of sp³-hybridized carbons (Fsp3) is 0.556. The Morgan fingerprint density at radius 3 is 2.54 bits per heavy atom. The lowest BCUT2D eigenvalue weighted by molar-refractivity contribution is -0.124. The van der Waals surface area contributed by atoms with Gasteiger partial charge in [-0.1, -0.05) is 36.4 Å². The lowest BCUT2D eigenvalue weighted by atomic mass is 9.97. The van der Waals surface area contributed by atoms with Crippen LogP contribution in [-0.2, 0) is 4.79 Å². The quantitative estimate of drug-likeness (QED) is 0.821. The molecule has 0 radical (unpaired) electrons. The minimum atomic E-state index is -0.577. The van der Waals surface area contributed by atoms with Crippen LogP contribution in [0.25, 0.3) is 0 Å². The first-order valence-corrected chi connectivity index (χ1v) is 4.79. The van der Waals surface area contributed by atoms with Gasteiger partial charge in [0.15, 0.2) is 0 Å². The highest BCUT2D eigenvalue weighted by Crippen LogP contribution is 2.09. The molecule has 1 amide bonds. The van der Waals surface area contributed by atoms with Crippen LogP contribution in [0.2, 0.25) is 0 Å². The maximum Gasteiger partial charge on any atom is 0.237 e. The number of carbonyl (C=O) groups is 1. The molecule has 1 unspecified atom stereocenters. The van der Waals surface area contributed by atoms with Crippen LogP contribution in [-0.4, -0.2) is 12.5 Å². The van der Waals surface area contributed by atoms with E-state index in [2.05, 4.69) is 27.8 Å². The summed E-state index contributed by atoms with van der Waals surface area (Å²) >= 11 is 3.12. The minimum Gasteiger partial charge on any atom is -0.350 e. The highest BCUT2D eigenvalue weighted by atomic mass is 79.9. The van der Waals surface area contributed by atoms with Crippen molar-refractivity contribution in [3.8, 4) is 6.07 Å². The Kier molecular flexibility index (Phi) is 5.40. The van der Waals surface area contributed by atoms with E-state index in [-0.39, 0.29) is 11.8 Å². The molecule has 0 saturated heterocycles. The van der Waals surface area contributed by atoms with E-state index in [9.17, 15) is 4.79 Å². The Hall–Kier alpha value is -0.820. The van der Waals surface area contributed by atoms with E-state index < -0.39 is 5.92 Å². The molecule has 72 valence electrons. The van der Waals surface area contributed by atoms with E-state index in [1.807, 2.05) is 19.9 Å². The van der Waals surface area contributed by atoms with Gasteiger partial charge in [-0.25, -0.2) is 0 Å². The number of hydrogen-bond donors (Lipinski definition) is 1. The molecule has 0 spiro atoms. The normalized spacial score (nSPS) is 11.9. The first-order valence-electron chi connectivity index (χ1n) is 3.99. The van der Waals surface area contributed by atoms with Gasteiger partial charge in [-0.3, -0.25) is 4.79 Å². The second-order valence-corrected chi connectivity index (χ2v) is 4.21. The van der Waals surface area contributed by atoms with Crippen molar-refractivity contribution in [3.63, 3.8) is 0 Å². The van der Waals surface area contributed by atoms with Gasteiger partial charge in [0.2, 0.25) is 5.91 Å². The van der Waals surface area contributed by atoms with E-state index in [1.165, 1.54) is 0 Å². The standard InChI is InChI=1S/C9H13BrN2O/c1-6(2)8(4-11)9(13)12-5-7(3)10/h6,8H,3,5H2,1-2H3,(H,12,13). The summed E-state index contributed by atoms with van der Waals surface area (Å²) in [6, 6.07) is 1.97. The zero-order chi connectivity index (χ0) is 10.4. The zero-order valence-corrected chi connectivity index (χ0v) is 9.39. The first-order chi connectivity index (χ1) is 5.99. The van der Waals surface area contributed by atoms with Crippen LogP contribution in [0.4, 0.5) is 0 Å². The van der Waals surface area contributed by atoms with Gasteiger partial charge in [0.05, 0.1) is 6.07 Å². The molecule has 0 aliphatic carbocycles. The molecule has 0 aromatic heterocycles. The summed E-state index contributed by atoms with van der Waals surface area (Å²) in [5, 5.41) is 11.3. The maximum atomic E-state index is 11.3. The summed E-state index contributed by atoms with van der Waals surface area (Å²) in [4.78, 5) is 11.3. The van der Waals surface area contributed by atoms with Crippen molar-refractivity contribution < 1.29 is 4.79 Å². The molecule has 0 aromatic carbocycles. The summed E-state index contributed by atoms with van der Waals surface area (Å²) < 4.78 is 0.696. The lowest BCUT2D eigenvalue weighted by Gasteiger charge is -2.12. The number of halogens is 1. The fourth-order valence-corrected chi connectivity index (χ4v) is 0.944. The molecule has 0 saturated carbocycles. The van der Waals surface area contributed by atoms with Crippen LogP contribution in [0.5, 0.6) is 0 Å². The highest BCUT2D eigenvalue weighted by molar-refractivity contribution is 9.11. The largest absolute Gasteiger partial charge is 0.350 e. The third-order valence-corrected chi connectivity index (χ3v) is 1.82. The van der Waals surface area contributed by atoms with E-state index in [0.29, 0.717) is 11.0 Å². The topological polar surface area (TPSA) is 52.9 Å². The van der Waals surface area contributed by atoms with Crippen molar-refractivity contribution in [2.75, 3.05) is 6.54 Å². The van der Waals surface area contributed by atoms with E-state index in [4.69, 9.17) is 5.26 Å². The fourth-order valence-electron chi connectivity index (χ4n) is 0.803. The van der Waals surface area contributed by atoms with Crippen molar-refractivity contribution in [1.82, 2.24) is 5.32 Å². The van der Waals surface area contributed by atoms with Gasteiger partial charge >= 0.3 is 0 Å². The van der Waals surface area contributed by atoms with Gasteiger partial charge in [0.1, 0.15) is 5.92 Å². The summed E-state index contributed by atoms with van der Waals surface area (Å²) in [6.07, 6.45) is 0. The van der Waals surface area contributed by atoms with Crippen molar-refractivity contribution in [3.05, 3.63) is 11.1 Å². The predicted molar refractivity (Wildman–Crippen MR) is 55.0 cm³/mol. The molecule has 0 aliphatic heterocycles. The van der Waals surface area contributed by atoms with Gasteiger partial charge in [-0.15, -0.1) is 0 Å². The number of nitrogens with zero attached hydrogens (tertiary/aromatic N) is 1. The smallest absolute Gasteiger partial charge is 0.237 e. The molecule has 3 nitrogen and oxygen atoms in total. The Morgan fingerprint density at radius 2 is 2.23 bits per heavy atom. The van der Waals surface area contributed by atoms with Crippen molar-refractivity contribution in [2.45, 2.75) is 13.8 Å². The zero-order valence-electron chi connectivity index (χ0n) is 7.80. The number of nitrogens with one attached hydrogen (secondary N) is 1. The Morgan fingerprint density at radius 1 is 1.69 bits per heavy atom. The van der Waals surface area contributed by atoms with Crippen LogP contribution in [0.1, 0.15) is 13.8 Å². The van der Waals surface area contributed by atoms with Gasteiger partial charge < -0.3 is 5.32 Å². The third-order valence-electron chi connectivity index (χ3n) is 1.54. The summed E-state index contributed by atoms with van der Waals surface area (Å²) in [6.45, 7) is 7.63. The van der Waals surface area contributed by atoms with Crippen molar-refractivity contribution in [1.29, 1.82) is 5.26 Å². The van der Waals surface area contributed by atoms with Crippen molar-refractivity contribution in [2.24, 2.45) is 11.8 Å². The number of nitriles is 1. The predicted octanol–water partition coefficient (Wildman–Crippen LogP) is 1.81. The van der Waals surface area contributed by atoms with Crippen LogP contribution in [0.15, 0.2) is 11.1 Å². The van der Waals surface area contributed by atoms with E-state index >= 15 is 0 Å². The molecule has 0 fully saturated rings. The molecule has 0 bridgehead atoms. The summed E-state index contributed by atoms with van der Waals surface area (Å²) in [5.41, 5.74) is 0. The first kappa shape index (κ1) is 12.2. The van der Waals surface area contributed by atoms with Gasteiger partial charge in [-0.2, -0.15) is 5.26 Å². The molecule has 1 atom stereocenters. The van der Waals surface area contributed by atoms with Crippen molar-refractivity contribution >= 4 is 21.8 Å². The lowest BCUT2D eigenvalue weighted by Crippen LogP contribution is -2.33. The van der Waals surface area contributed by atoms with Crippen LogP contribution in [0.3, 0.4) is 0 Å². The Bertz CT molecular complexity index is 242. The third kappa shape index (κ3) is 4.69. The van der Waals surface area contributed by atoms with Crippen LogP contribution in [0, 0.1) is 23.2 Å². The molecule has 0 rings (SSSR count). The van der Waals surface area contributed by atoms with Crippen LogP contribution >= 0.6 is 15.9 Å².